The fraction of sp³-hybridized carbons (Fsp3) is 0.550. The van der Waals surface area contributed by atoms with Crippen molar-refractivity contribution in [3.63, 3.8) is 0 Å². The third kappa shape index (κ3) is 14.3. The number of rotatable bonds is 16. The van der Waals surface area contributed by atoms with E-state index in [2.05, 4.69) is 23.6 Å². The number of allylic oxidation sites excluding steroid dienone is 2. The van der Waals surface area contributed by atoms with E-state index in [1.165, 1.54) is 64.2 Å². The van der Waals surface area contributed by atoms with E-state index in [-0.39, 0.29) is 11.8 Å². The molecule has 0 aromatic heterocycles. The zero-order chi connectivity index (χ0) is 34.4. The molecule has 48 heavy (non-hydrogen) atoms. The van der Waals surface area contributed by atoms with Crippen LogP contribution in [-0.4, -0.2) is 74.0 Å². The minimum Gasteiger partial charge on any atom is -0.367 e. The summed E-state index contributed by atoms with van der Waals surface area (Å²) in [7, 11) is 0. The Labute approximate surface area is 300 Å². The molecule has 264 valence electrons. The normalized spacial score (nSPS) is 15.2. The molecule has 2 aromatic carbocycles. The highest BCUT2D eigenvalue weighted by Crippen LogP contribution is 2.27. The molecule has 6 nitrogen and oxygen atoms in total. The van der Waals surface area contributed by atoms with Gasteiger partial charge in [0, 0.05) is 52.4 Å². The minimum absolute atomic E-state index is 0.141. The quantitative estimate of drug-likeness (QED) is 0.130. The van der Waals surface area contributed by atoms with Gasteiger partial charge in [-0.25, -0.2) is 0 Å². The molecule has 0 aliphatic carbocycles. The maximum atomic E-state index is 12.2. The molecule has 8 heteroatoms. The standard InChI is InChI=1S/2C20H29ClN2O/c2*1-2-3-4-5-6-7-8-13-20(24)23-16-14-22(15-17-23)19-12-10-9-11-18(19)21/h2*8-13H,2-7,14-17H2,1H3/b2*13-8+. The second kappa shape index (κ2) is 23.4. The Morgan fingerprint density at radius 3 is 1.25 bits per heavy atom. The number of para-hydroxylation sites is 2. The molecule has 0 bridgehead atoms. The third-order valence-electron chi connectivity index (χ3n) is 9.04. The molecule has 2 aromatic rings. The molecule has 0 radical (unpaired) electrons. The lowest BCUT2D eigenvalue weighted by Crippen LogP contribution is -2.48. The van der Waals surface area contributed by atoms with E-state index in [0.717, 1.165) is 86.6 Å². The van der Waals surface area contributed by atoms with E-state index >= 15 is 0 Å². The van der Waals surface area contributed by atoms with Gasteiger partial charge in [0.05, 0.1) is 21.4 Å². The van der Waals surface area contributed by atoms with Crippen molar-refractivity contribution in [3.05, 3.63) is 82.9 Å². The van der Waals surface area contributed by atoms with Crippen molar-refractivity contribution in [2.75, 3.05) is 62.2 Å². The summed E-state index contributed by atoms with van der Waals surface area (Å²) >= 11 is 12.5. The first-order valence-corrected chi connectivity index (χ1v) is 19.1. The van der Waals surface area contributed by atoms with Crippen molar-refractivity contribution in [3.8, 4) is 0 Å². The first-order valence-electron chi connectivity index (χ1n) is 18.3. The Balaban J connectivity index is 0.000000260. The van der Waals surface area contributed by atoms with Gasteiger partial charge in [0.2, 0.25) is 11.8 Å². The zero-order valence-electron chi connectivity index (χ0n) is 29.4. The number of carbonyl (C=O) groups is 2. The first kappa shape index (κ1) is 39.5. The van der Waals surface area contributed by atoms with Crippen LogP contribution < -0.4 is 9.80 Å². The average molecular weight is 698 g/mol. The van der Waals surface area contributed by atoms with Crippen molar-refractivity contribution >= 4 is 46.4 Å². The monoisotopic (exact) mass is 696 g/mol. The Bertz CT molecular complexity index is 1170. The zero-order valence-corrected chi connectivity index (χ0v) is 30.9. The fourth-order valence-corrected chi connectivity index (χ4v) is 6.57. The molecule has 0 unspecified atom stereocenters. The Kier molecular flexibility index (Phi) is 19.2. The highest BCUT2D eigenvalue weighted by Gasteiger charge is 2.22. The number of nitrogens with zero attached hydrogens (tertiary/aromatic N) is 4. The summed E-state index contributed by atoms with van der Waals surface area (Å²) in [6.07, 6.45) is 22.3. The number of halogens is 2. The van der Waals surface area contributed by atoms with Crippen molar-refractivity contribution in [1.82, 2.24) is 9.80 Å². The Hall–Kier alpha value is -2.96. The maximum Gasteiger partial charge on any atom is 0.246 e. The molecule has 2 aliphatic heterocycles. The smallest absolute Gasteiger partial charge is 0.246 e. The average Bonchev–Trinajstić information content (AvgIpc) is 3.11. The van der Waals surface area contributed by atoms with Gasteiger partial charge in [-0.1, -0.05) is 125 Å². The summed E-state index contributed by atoms with van der Waals surface area (Å²) in [6, 6.07) is 15.8. The van der Waals surface area contributed by atoms with Crippen LogP contribution in [0, 0.1) is 0 Å². The highest BCUT2D eigenvalue weighted by atomic mass is 35.5. The summed E-state index contributed by atoms with van der Waals surface area (Å²) in [6.45, 7) is 10.8. The number of anilines is 2. The van der Waals surface area contributed by atoms with E-state index in [0.29, 0.717) is 0 Å². The van der Waals surface area contributed by atoms with Crippen LogP contribution >= 0.6 is 23.2 Å². The molecule has 2 saturated heterocycles. The van der Waals surface area contributed by atoms with Crippen LogP contribution in [0.1, 0.15) is 90.9 Å². The Morgan fingerprint density at radius 1 is 0.542 bits per heavy atom. The molecule has 0 N–H and O–H groups in total. The van der Waals surface area contributed by atoms with Crippen LogP contribution in [0.15, 0.2) is 72.8 Å². The predicted octanol–water partition coefficient (Wildman–Crippen LogP) is 9.81. The molecule has 2 amide bonds. The lowest BCUT2D eigenvalue weighted by atomic mass is 10.1. The SMILES string of the molecule is CCCCCCC/C=C/C(=O)N1CCN(c2ccccc2Cl)CC1.CCCCCCC/C=C/C(=O)N1CCN(c2ccccc2Cl)CC1. The predicted molar refractivity (Wildman–Crippen MR) is 206 cm³/mol. The van der Waals surface area contributed by atoms with Crippen molar-refractivity contribution in [2.24, 2.45) is 0 Å². The van der Waals surface area contributed by atoms with Crippen molar-refractivity contribution < 1.29 is 9.59 Å². The number of carbonyl (C=O) groups excluding carboxylic acids is 2. The number of piperazine rings is 2. The summed E-state index contributed by atoms with van der Waals surface area (Å²) in [5.41, 5.74) is 2.13. The highest BCUT2D eigenvalue weighted by molar-refractivity contribution is 6.33. The second-order valence-corrected chi connectivity index (χ2v) is 13.6. The van der Waals surface area contributed by atoms with Gasteiger partial charge in [0.15, 0.2) is 0 Å². The van der Waals surface area contributed by atoms with Crippen LogP contribution in [0.5, 0.6) is 0 Å². The van der Waals surface area contributed by atoms with E-state index in [9.17, 15) is 9.59 Å². The lowest BCUT2D eigenvalue weighted by molar-refractivity contribution is -0.127. The van der Waals surface area contributed by atoms with Crippen molar-refractivity contribution in [1.29, 1.82) is 0 Å². The minimum atomic E-state index is 0.141. The molecule has 4 rings (SSSR count). The number of amides is 2. The van der Waals surface area contributed by atoms with E-state index in [1.54, 1.807) is 12.2 Å². The van der Waals surface area contributed by atoms with Crippen LogP contribution in [0.3, 0.4) is 0 Å². The number of hydrogen-bond donors (Lipinski definition) is 0. The second-order valence-electron chi connectivity index (χ2n) is 12.7. The fourth-order valence-electron chi connectivity index (χ4n) is 6.06. The number of benzene rings is 2. The number of hydrogen-bond acceptors (Lipinski definition) is 4. The number of unbranched alkanes of at least 4 members (excludes halogenated alkanes) is 10. The maximum absolute atomic E-state index is 12.2. The van der Waals surface area contributed by atoms with Gasteiger partial charge in [0.1, 0.15) is 0 Å². The molecule has 0 spiro atoms. The van der Waals surface area contributed by atoms with Gasteiger partial charge >= 0.3 is 0 Å². The van der Waals surface area contributed by atoms with Crippen LogP contribution in [0.25, 0.3) is 0 Å². The molecule has 0 saturated carbocycles. The molecule has 0 atom stereocenters. The van der Waals surface area contributed by atoms with E-state index in [1.807, 2.05) is 70.5 Å². The molecule has 2 fully saturated rings. The van der Waals surface area contributed by atoms with Crippen LogP contribution in [-0.2, 0) is 9.59 Å². The summed E-state index contributed by atoms with van der Waals surface area (Å²) in [4.78, 5) is 32.8. The van der Waals surface area contributed by atoms with Gasteiger partial charge in [0.25, 0.3) is 0 Å². The van der Waals surface area contributed by atoms with Gasteiger partial charge in [-0.05, 0) is 62.1 Å². The van der Waals surface area contributed by atoms with E-state index in [4.69, 9.17) is 23.2 Å². The summed E-state index contributed by atoms with van der Waals surface area (Å²) in [5, 5.41) is 1.56. The largest absolute Gasteiger partial charge is 0.367 e. The summed E-state index contributed by atoms with van der Waals surface area (Å²) < 4.78 is 0. The Morgan fingerprint density at radius 2 is 0.896 bits per heavy atom. The molecule has 2 aliphatic rings. The van der Waals surface area contributed by atoms with E-state index < -0.39 is 0 Å². The van der Waals surface area contributed by atoms with Gasteiger partial charge in [-0.15, -0.1) is 0 Å². The van der Waals surface area contributed by atoms with Crippen LogP contribution in [0.2, 0.25) is 10.0 Å². The molecular formula is C40H58Cl2N4O2. The molecular weight excluding hydrogens is 639 g/mol. The lowest BCUT2D eigenvalue weighted by Gasteiger charge is -2.36. The molecule has 2 heterocycles. The van der Waals surface area contributed by atoms with Gasteiger partial charge in [-0.2, -0.15) is 0 Å². The van der Waals surface area contributed by atoms with Crippen molar-refractivity contribution in [2.45, 2.75) is 90.9 Å². The van der Waals surface area contributed by atoms with Gasteiger partial charge < -0.3 is 19.6 Å². The third-order valence-corrected chi connectivity index (χ3v) is 9.68. The van der Waals surface area contributed by atoms with Gasteiger partial charge in [-0.3, -0.25) is 9.59 Å². The van der Waals surface area contributed by atoms with Crippen LogP contribution in [0.4, 0.5) is 11.4 Å². The first-order chi connectivity index (χ1) is 23.4. The summed E-state index contributed by atoms with van der Waals surface area (Å²) in [5.74, 6) is 0.282. The topological polar surface area (TPSA) is 47.1 Å².